The second kappa shape index (κ2) is 4.24. The van der Waals surface area contributed by atoms with Crippen LogP contribution in [-0.4, -0.2) is 9.55 Å². The van der Waals surface area contributed by atoms with Gasteiger partial charge in [0.2, 0.25) is 0 Å². The Kier molecular flexibility index (Phi) is 2.65. The monoisotopic (exact) mass is 265 g/mol. The van der Waals surface area contributed by atoms with Crippen molar-refractivity contribution in [3.63, 3.8) is 0 Å². The highest BCUT2D eigenvalue weighted by Gasteiger charge is 2.22. The zero-order valence-corrected chi connectivity index (χ0v) is 11.7. The van der Waals surface area contributed by atoms with Gasteiger partial charge in [-0.25, -0.2) is 4.98 Å². The number of nitriles is 1. The van der Waals surface area contributed by atoms with Gasteiger partial charge in [-0.1, -0.05) is 0 Å². The molecule has 0 unspecified atom stereocenters. The fourth-order valence-corrected chi connectivity index (χ4v) is 2.41. The lowest BCUT2D eigenvalue weighted by atomic mass is 10.1. The first-order valence-electron chi connectivity index (χ1n) is 6.46. The number of nitrogens with zero attached hydrogens (tertiary/aromatic N) is 3. The van der Waals surface area contributed by atoms with Crippen molar-refractivity contribution in [2.75, 3.05) is 0 Å². The fourth-order valence-electron chi connectivity index (χ4n) is 2.41. The average molecular weight is 265 g/mol. The quantitative estimate of drug-likeness (QED) is 0.670. The molecule has 0 saturated carbocycles. The molecule has 2 heterocycles. The highest BCUT2D eigenvalue weighted by atomic mass is 16.3. The van der Waals surface area contributed by atoms with E-state index < -0.39 is 0 Å². The van der Waals surface area contributed by atoms with E-state index in [9.17, 15) is 0 Å². The molecular formula is C16H15N3O. The maximum atomic E-state index is 9.02. The molecule has 2 aromatic heterocycles. The molecule has 0 radical (unpaired) electrons. The first-order chi connectivity index (χ1) is 9.50. The molecule has 0 N–H and O–H groups in total. The van der Waals surface area contributed by atoms with Gasteiger partial charge in [0.1, 0.15) is 12.1 Å². The van der Waals surface area contributed by atoms with Crippen LogP contribution in [0.15, 0.2) is 41.2 Å². The summed E-state index contributed by atoms with van der Waals surface area (Å²) in [4.78, 5) is 4.68. The number of hydrogen-bond donors (Lipinski definition) is 0. The first kappa shape index (κ1) is 12.5. The van der Waals surface area contributed by atoms with Crippen LogP contribution < -0.4 is 0 Å². The maximum Gasteiger partial charge on any atom is 0.144 e. The molecule has 0 spiro atoms. The van der Waals surface area contributed by atoms with Gasteiger partial charge in [0.05, 0.1) is 34.5 Å². The minimum atomic E-state index is -0.116. The van der Waals surface area contributed by atoms with E-state index in [1.54, 1.807) is 12.5 Å². The van der Waals surface area contributed by atoms with Crippen LogP contribution >= 0.6 is 0 Å². The summed E-state index contributed by atoms with van der Waals surface area (Å²) < 4.78 is 7.35. The van der Waals surface area contributed by atoms with E-state index in [1.165, 1.54) is 0 Å². The molecule has 0 fully saturated rings. The highest BCUT2D eigenvalue weighted by Crippen LogP contribution is 2.31. The van der Waals surface area contributed by atoms with Gasteiger partial charge in [0.25, 0.3) is 0 Å². The van der Waals surface area contributed by atoms with Crippen molar-refractivity contribution in [3.05, 3.63) is 42.4 Å². The van der Waals surface area contributed by atoms with Gasteiger partial charge in [-0.3, -0.25) is 0 Å². The zero-order valence-electron chi connectivity index (χ0n) is 11.7. The van der Waals surface area contributed by atoms with Crippen molar-refractivity contribution in [1.29, 1.82) is 5.26 Å². The van der Waals surface area contributed by atoms with E-state index in [1.807, 2.05) is 24.3 Å². The highest BCUT2D eigenvalue weighted by molar-refractivity contribution is 5.82. The molecule has 100 valence electrons. The zero-order chi connectivity index (χ0) is 14.3. The van der Waals surface area contributed by atoms with Gasteiger partial charge >= 0.3 is 0 Å². The van der Waals surface area contributed by atoms with E-state index in [4.69, 9.17) is 9.68 Å². The van der Waals surface area contributed by atoms with Crippen molar-refractivity contribution in [2.45, 2.75) is 26.3 Å². The van der Waals surface area contributed by atoms with Crippen LogP contribution in [0.5, 0.6) is 0 Å². The smallest absolute Gasteiger partial charge is 0.144 e. The molecule has 0 saturated heterocycles. The number of aromatic nitrogens is 2. The maximum absolute atomic E-state index is 9.02. The van der Waals surface area contributed by atoms with E-state index >= 15 is 0 Å². The summed E-state index contributed by atoms with van der Waals surface area (Å²) in [6.07, 6.45) is 3.33. The van der Waals surface area contributed by atoms with Crippen molar-refractivity contribution >= 4 is 11.0 Å². The molecule has 0 aliphatic heterocycles. The number of furan rings is 1. The minimum absolute atomic E-state index is 0.116. The third-order valence-electron chi connectivity index (χ3n) is 3.23. The minimum Gasteiger partial charge on any atom is -0.472 e. The number of fused-ring (bicyclic) bond motifs is 1. The first-order valence-corrected chi connectivity index (χ1v) is 6.46. The van der Waals surface area contributed by atoms with Crippen LogP contribution in [0.3, 0.4) is 0 Å². The molecule has 4 nitrogen and oxygen atoms in total. The topological polar surface area (TPSA) is 54.8 Å². The van der Waals surface area contributed by atoms with Crippen LogP contribution in [0, 0.1) is 11.3 Å². The summed E-state index contributed by atoms with van der Waals surface area (Å²) in [6.45, 7) is 6.40. The molecule has 0 bridgehead atoms. The second-order valence-corrected chi connectivity index (χ2v) is 5.77. The lowest BCUT2D eigenvalue weighted by Crippen LogP contribution is -2.22. The SMILES string of the molecule is CC(C)(C)n1c(-c2ccoc2)nc2cc(C#N)ccc21. The largest absolute Gasteiger partial charge is 0.472 e. The average Bonchev–Trinajstić information content (AvgIpc) is 3.03. The van der Waals surface area contributed by atoms with Crippen molar-refractivity contribution in [1.82, 2.24) is 9.55 Å². The van der Waals surface area contributed by atoms with Crippen LogP contribution in [0.4, 0.5) is 0 Å². The summed E-state index contributed by atoms with van der Waals surface area (Å²) in [5.74, 6) is 0.858. The summed E-state index contributed by atoms with van der Waals surface area (Å²) in [5, 5.41) is 9.02. The van der Waals surface area contributed by atoms with Crippen LogP contribution in [-0.2, 0) is 5.54 Å². The van der Waals surface area contributed by atoms with Gasteiger partial charge in [-0.15, -0.1) is 0 Å². The Morgan fingerprint density at radius 1 is 1.25 bits per heavy atom. The molecule has 0 aliphatic carbocycles. The number of benzene rings is 1. The summed E-state index contributed by atoms with van der Waals surface area (Å²) in [7, 11) is 0. The van der Waals surface area contributed by atoms with Crippen molar-refractivity contribution < 1.29 is 4.42 Å². The molecule has 0 aliphatic rings. The van der Waals surface area contributed by atoms with E-state index in [-0.39, 0.29) is 5.54 Å². The van der Waals surface area contributed by atoms with E-state index in [0.717, 1.165) is 22.4 Å². The van der Waals surface area contributed by atoms with Gasteiger partial charge in [0, 0.05) is 5.54 Å². The third kappa shape index (κ3) is 1.88. The van der Waals surface area contributed by atoms with Crippen LogP contribution in [0.2, 0.25) is 0 Å². The normalized spacial score (nSPS) is 11.7. The number of hydrogen-bond acceptors (Lipinski definition) is 3. The van der Waals surface area contributed by atoms with Gasteiger partial charge in [-0.05, 0) is 45.0 Å². The molecule has 0 atom stereocenters. The molecule has 1 aromatic carbocycles. The predicted molar refractivity (Wildman–Crippen MR) is 77.1 cm³/mol. The Hall–Kier alpha value is -2.54. The summed E-state index contributed by atoms with van der Waals surface area (Å²) >= 11 is 0. The van der Waals surface area contributed by atoms with E-state index in [0.29, 0.717) is 5.56 Å². The molecule has 3 rings (SSSR count). The van der Waals surface area contributed by atoms with Crippen LogP contribution in [0.1, 0.15) is 26.3 Å². The predicted octanol–water partition coefficient (Wildman–Crippen LogP) is 3.92. The van der Waals surface area contributed by atoms with Crippen LogP contribution in [0.25, 0.3) is 22.4 Å². The van der Waals surface area contributed by atoms with Gasteiger partial charge in [-0.2, -0.15) is 5.26 Å². The lowest BCUT2D eigenvalue weighted by Gasteiger charge is -2.24. The molecule has 0 amide bonds. The Morgan fingerprint density at radius 2 is 2.05 bits per heavy atom. The Morgan fingerprint density at radius 3 is 2.65 bits per heavy atom. The lowest BCUT2D eigenvalue weighted by molar-refractivity contribution is 0.413. The van der Waals surface area contributed by atoms with Crippen molar-refractivity contribution in [2.24, 2.45) is 0 Å². The van der Waals surface area contributed by atoms with E-state index in [2.05, 4.69) is 36.4 Å². The number of rotatable bonds is 1. The fraction of sp³-hybridized carbons (Fsp3) is 0.250. The molecule has 20 heavy (non-hydrogen) atoms. The summed E-state index contributed by atoms with van der Waals surface area (Å²) in [5.41, 5.74) is 3.29. The molecular weight excluding hydrogens is 250 g/mol. The Balaban J connectivity index is 2.37. The second-order valence-electron chi connectivity index (χ2n) is 5.77. The summed E-state index contributed by atoms with van der Waals surface area (Å²) in [6, 6.07) is 9.65. The van der Waals surface area contributed by atoms with Crippen molar-refractivity contribution in [3.8, 4) is 17.5 Å². The number of imidazole rings is 1. The van der Waals surface area contributed by atoms with Gasteiger partial charge in [0.15, 0.2) is 0 Å². The Labute approximate surface area is 117 Å². The van der Waals surface area contributed by atoms with Gasteiger partial charge < -0.3 is 8.98 Å². The Bertz CT molecular complexity index is 799. The molecule has 4 heteroatoms. The standard InChI is InChI=1S/C16H15N3O/c1-16(2,3)19-14-5-4-11(9-17)8-13(14)18-15(19)12-6-7-20-10-12/h4-8,10H,1-3H3. The third-order valence-corrected chi connectivity index (χ3v) is 3.23. The molecule has 3 aromatic rings.